The van der Waals surface area contributed by atoms with Crippen LogP contribution in [0.25, 0.3) is 10.8 Å². The summed E-state index contributed by atoms with van der Waals surface area (Å²) in [6, 6.07) is 24.5. The summed E-state index contributed by atoms with van der Waals surface area (Å²) in [5.74, 6) is 2.26. The number of carbonyl (C=O) groups is 2. The number of nitrogens with one attached hydrogen (secondary N) is 2. The number of hydrogen-bond donors (Lipinski definition) is 2. The van der Waals surface area contributed by atoms with Crippen LogP contribution in [0, 0.1) is 12.3 Å². The number of amides is 2. The minimum absolute atomic E-state index is 0.0816. The van der Waals surface area contributed by atoms with Gasteiger partial charge in [0.2, 0.25) is 0 Å². The average molecular weight is 588 g/mol. The van der Waals surface area contributed by atoms with Crippen LogP contribution in [-0.2, 0) is 16.0 Å². The van der Waals surface area contributed by atoms with E-state index in [1.165, 1.54) is 12.3 Å². The number of hydrazone groups is 1. The highest BCUT2D eigenvalue weighted by Gasteiger charge is 2.25. The molecule has 9 heteroatoms. The van der Waals surface area contributed by atoms with Gasteiger partial charge in [0.15, 0.2) is 6.10 Å². The summed E-state index contributed by atoms with van der Waals surface area (Å²) < 4.78 is 11.4. The molecule has 0 bridgehead atoms. The van der Waals surface area contributed by atoms with E-state index < -0.39 is 24.0 Å². The minimum Gasteiger partial charge on any atom is -0.480 e. The zero-order valence-electron chi connectivity index (χ0n) is 22.1. The Morgan fingerprint density at radius 1 is 0.976 bits per heavy atom. The van der Waals surface area contributed by atoms with E-state index in [-0.39, 0.29) is 18.1 Å². The summed E-state index contributed by atoms with van der Waals surface area (Å²) >= 11 is 12.1. The fourth-order valence-electron chi connectivity index (χ4n) is 4.06. The van der Waals surface area contributed by atoms with Crippen LogP contribution in [0.1, 0.15) is 18.1 Å². The first kappa shape index (κ1) is 29.5. The van der Waals surface area contributed by atoms with E-state index in [4.69, 9.17) is 39.1 Å². The third-order valence-corrected chi connectivity index (χ3v) is 6.62. The molecule has 41 heavy (non-hydrogen) atoms. The zero-order chi connectivity index (χ0) is 29.2. The molecule has 0 heterocycles. The molecule has 0 unspecified atom stereocenters. The van der Waals surface area contributed by atoms with E-state index in [2.05, 4.69) is 21.8 Å². The van der Waals surface area contributed by atoms with Crippen molar-refractivity contribution in [1.29, 1.82) is 0 Å². The van der Waals surface area contributed by atoms with Gasteiger partial charge in [0, 0.05) is 17.0 Å². The molecule has 7 nitrogen and oxygen atoms in total. The molecule has 0 spiro atoms. The predicted octanol–water partition coefficient (Wildman–Crippen LogP) is 5.80. The predicted molar refractivity (Wildman–Crippen MR) is 163 cm³/mol. The Hall–Kier alpha value is -4.51. The van der Waals surface area contributed by atoms with Gasteiger partial charge in [0.1, 0.15) is 24.1 Å². The van der Waals surface area contributed by atoms with E-state index in [9.17, 15) is 9.59 Å². The van der Waals surface area contributed by atoms with Crippen LogP contribution in [-0.4, -0.2) is 36.8 Å². The maximum atomic E-state index is 13.3. The van der Waals surface area contributed by atoms with E-state index in [1.807, 2.05) is 60.7 Å². The van der Waals surface area contributed by atoms with Gasteiger partial charge in [-0.1, -0.05) is 89.8 Å². The fraction of sp³-hybridized carbons (Fsp3) is 0.156. The molecule has 0 saturated heterocycles. The molecule has 0 aliphatic heterocycles. The summed E-state index contributed by atoms with van der Waals surface area (Å²) in [5, 5.41) is 9.52. The highest BCUT2D eigenvalue weighted by atomic mass is 35.5. The van der Waals surface area contributed by atoms with Crippen molar-refractivity contribution < 1.29 is 19.1 Å². The number of nitrogens with zero attached hydrogens (tertiary/aromatic N) is 1. The molecule has 0 radical (unpaired) electrons. The van der Waals surface area contributed by atoms with E-state index in [1.54, 1.807) is 25.1 Å². The van der Waals surface area contributed by atoms with Crippen molar-refractivity contribution in [3.8, 4) is 23.8 Å². The Bertz CT molecular complexity index is 1600. The Kier molecular flexibility index (Phi) is 10.2. The van der Waals surface area contributed by atoms with Crippen LogP contribution in [0.5, 0.6) is 11.5 Å². The largest absolute Gasteiger partial charge is 0.480 e. The number of hydrogen-bond acceptors (Lipinski definition) is 5. The molecular formula is C32H27Cl2N3O4. The van der Waals surface area contributed by atoms with Crippen molar-refractivity contribution in [2.45, 2.75) is 25.5 Å². The molecule has 208 valence electrons. The van der Waals surface area contributed by atoms with Crippen molar-refractivity contribution >= 4 is 52.0 Å². The lowest BCUT2D eigenvalue weighted by atomic mass is 10.0. The number of ether oxygens (including phenoxy) is 2. The van der Waals surface area contributed by atoms with Crippen LogP contribution >= 0.6 is 23.2 Å². The second kappa shape index (κ2) is 14.2. The molecule has 0 fully saturated rings. The minimum atomic E-state index is -0.949. The standard InChI is InChI=1S/C32H27Cl2N3O4/c1-3-17-40-29-15-13-23-11-7-8-12-25(23)26(29)20-35-37-32(39)28(18-22-9-5-4-6-10-22)36-31(38)21(2)41-30-16-14-24(33)19-27(30)34/h1,4-16,19-21,28H,17-18H2,2H3,(H,36,38)(H,37,39)/b35-20-/t21-,28-/m0/s1. The second-order valence-electron chi connectivity index (χ2n) is 9.01. The van der Waals surface area contributed by atoms with Crippen LogP contribution in [0.4, 0.5) is 0 Å². The molecule has 4 aromatic rings. The molecule has 2 N–H and O–H groups in total. The van der Waals surface area contributed by atoms with Gasteiger partial charge < -0.3 is 14.8 Å². The van der Waals surface area contributed by atoms with Crippen molar-refractivity contribution in [1.82, 2.24) is 10.7 Å². The van der Waals surface area contributed by atoms with Gasteiger partial charge in [-0.15, -0.1) is 6.42 Å². The van der Waals surface area contributed by atoms with Gasteiger partial charge >= 0.3 is 0 Å². The number of fused-ring (bicyclic) bond motifs is 1. The maximum absolute atomic E-state index is 13.3. The third-order valence-electron chi connectivity index (χ3n) is 6.09. The van der Waals surface area contributed by atoms with Crippen LogP contribution in [0.3, 0.4) is 0 Å². The molecule has 0 saturated carbocycles. The number of carbonyl (C=O) groups excluding carboxylic acids is 2. The summed E-state index contributed by atoms with van der Waals surface area (Å²) in [5.41, 5.74) is 4.06. The van der Waals surface area contributed by atoms with Gasteiger partial charge in [-0.2, -0.15) is 5.10 Å². The molecule has 2 atom stereocenters. The number of benzene rings is 4. The summed E-state index contributed by atoms with van der Waals surface area (Å²) in [7, 11) is 0. The lowest BCUT2D eigenvalue weighted by Gasteiger charge is -2.21. The second-order valence-corrected chi connectivity index (χ2v) is 9.85. The Labute approximate surface area is 248 Å². The van der Waals surface area contributed by atoms with Crippen molar-refractivity contribution in [2.75, 3.05) is 6.61 Å². The highest BCUT2D eigenvalue weighted by Crippen LogP contribution is 2.29. The van der Waals surface area contributed by atoms with Gasteiger partial charge in [0.05, 0.1) is 11.2 Å². The van der Waals surface area contributed by atoms with E-state index in [0.717, 1.165) is 16.3 Å². The van der Waals surface area contributed by atoms with Crippen LogP contribution in [0.15, 0.2) is 90.0 Å². The maximum Gasteiger partial charge on any atom is 0.262 e. The van der Waals surface area contributed by atoms with Gasteiger partial charge in [-0.05, 0) is 47.5 Å². The lowest BCUT2D eigenvalue weighted by Crippen LogP contribution is -2.50. The highest BCUT2D eigenvalue weighted by molar-refractivity contribution is 6.35. The van der Waals surface area contributed by atoms with Crippen LogP contribution in [0.2, 0.25) is 10.0 Å². The number of rotatable bonds is 11. The van der Waals surface area contributed by atoms with Crippen molar-refractivity contribution in [3.63, 3.8) is 0 Å². The van der Waals surface area contributed by atoms with E-state index >= 15 is 0 Å². The average Bonchev–Trinajstić information content (AvgIpc) is 2.98. The van der Waals surface area contributed by atoms with Gasteiger partial charge in [0.25, 0.3) is 11.8 Å². The first-order chi connectivity index (χ1) is 19.9. The summed E-state index contributed by atoms with van der Waals surface area (Å²) in [6.45, 7) is 1.65. The molecular weight excluding hydrogens is 561 g/mol. The Balaban J connectivity index is 1.51. The first-order valence-corrected chi connectivity index (χ1v) is 13.5. The molecule has 2 amide bonds. The molecule has 0 aromatic heterocycles. The molecule has 0 aliphatic carbocycles. The first-order valence-electron chi connectivity index (χ1n) is 12.7. The van der Waals surface area contributed by atoms with Gasteiger partial charge in [-0.3, -0.25) is 9.59 Å². The monoisotopic (exact) mass is 587 g/mol. The zero-order valence-corrected chi connectivity index (χ0v) is 23.7. The Morgan fingerprint density at radius 3 is 2.46 bits per heavy atom. The van der Waals surface area contributed by atoms with Crippen LogP contribution < -0.4 is 20.2 Å². The third kappa shape index (κ3) is 8.01. The molecule has 4 rings (SSSR count). The number of halogens is 2. The van der Waals surface area contributed by atoms with Crippen molar-refractivity contribution in [2.24, 2.45) is 5.10 Å². The fourth-order valence-corrected chi connectivity index (χ4v) is 4.51. The quantitative estimate of drug-likeness (QED) is 0.132. The topological polar surface area (TPSA) is 89.0 Å². The molecule has 0 aliphatic rings. The SMILES string of the molecule is C#CCOc1ccc2ccccc2c1/C=N\NC(=O)[C@H](Cc1ccccc1)NC(=O)[C@H](C)Oc1ccc(Cl)cc1Cl. The normalized spacial score (nSPS) is 12.3. The van der Waals surface area contributed by atoms with E-state index in [0.29, 0.717) is 22.1 Å². The number of terminal acetylenes is 1. The lowest BCUT2D eigenvalue weighted by molar-refractivity contribution is -0.132. The summed E-state index contributed by atoms with van der Waals surface area (Å²) in [4.78, 5) is 26.4. The van der Waals surface area contributed by atoms with Crippen molar-refractivity contribution in [3.05, 3.63) is 106 Å². The smallest absolute Gasteiger partial charge is 0.262 e. The summed E-state index contributed by atoms with van der Waals surface area (Å²) in [6.07, 6.45) is 6.15. The van der Waals surface area contributed by atoms with Gasteiger partial charge in [-0.25, -0.2) is 5.43 Å². The molecule has 4 aromatic carbocycles. The Morgan fingerprint density at radius 2 is 1.71 bits per heavy atom.